The number of nitrogens with one attached hydrogen (secondary N) is 1. The second-order valence-corrected chi connectivity index (χ2v) is 6.19. The van der Waals surface area contributed by atoms with Gasteiger partial charge in [0.2, 0.25) is 0 Å². The Balaban J connectivity index is 1.70. The number of nitrogens with two attached hydrogens (primary N) is 1. The highest BCUT2D eigenvalue weighted by Gasteiger charge is 2.30. The molecule has 2 aliphatic heterocycles. The minimum absolute atomic E-state index is 0.00296. The number of benzene rings is 1. The van der Waals surface area contributed by atoms with Crippen LogP contribution in [0.4, 0.5) is 10.5 Å². The zero-order valence-corrected chi connectivity index (χ0v) is 13.6. The maximum Gasteiger partial charge on any atom is 0.324 e. The molecule has 2 aliphatic rings. The van der Waals surface area contributed by atoms with Crippen LogP contribution in [0.25, 0.3) is 0 Å². The molecule has 1 atom stereocenters. The van der Waals surface area contributed by atoms with Gasteiger partial charge in [0.15, 0.2) is 7.98 Å². The number of carbonyl (C=O) groups excluding carboxylic acids is 1. The summed E-state index contributed by atoms with van der Waals surface area (Å²) in [5.41, 5.74) is 6.93. The number of carbonyl (C=O) groups is 1. The van der Waals surface area contributed by atoms with E-state index in [0.717, 1.165) is 12.1 Å². The topological polar surface area (TPSA) is 85.9 Å². The largest absolute Gasteiger partial charge is 0.384 e. The molecule has 3 N–H and O–H groups in total. The quantitative estimate of drug-likeness (QED) is 0.476. The summed E-state index contributed by atoms with van der Waals surface area (Å²) in [6.45, 7) is 3.85. The van der Waals surface area contributed by atoms with E-state index in [1.807, 2.05) is 17.0 Å². The average molecular weight is 327 g/mol. The molecule has 0 spiro atoms. The molecule has 2 heterocycles. The maximum atomic E-state index is 12.8. The van der Waals surface area contributed by atoms with Gasteiger partial charge in [-0.05, 0) is 18.6 Å². The average Bonchev–Trinajstić information content (AvgIpc) is 2.57. The van der Waals surface area contributed by atoms with E-state index < -0.39 is 0 Å². The Morgan fingerprint density at radius 2 is 2.21 bits per heavy atom. The number of morpholine rings is 1. The number of anilines is 1. The van der Waals surface area contributed by atoms with Crippen LogP contribution in [0.3, 0.4) is 0 Å². The summed E-state index contributed by atoms with van der Waals surface area (Å²) in [5.74, 6) is -0.00296. The minimum atomic E-state index is -0.0591. The highest BCUT2D eigenvalue weighted by Crippen LogP contribution is 2.22. The molecule has 0 aromatic heterocycles. The van der Waals surface area contributed by atoms with Gasteiger partial charge < -0.3 is 20.2 Å². The van der Waals surface area contributed by atoms with Gasteiger partial charge in [-0.3, -0.25) is 10.3 Å². The van der Waals surface area contributed by atoms with E-state index in [9.17, 15) is 4.79 Å². The van der Waals surface area contributed by atoms with E-state index >= 15 is 0 Å². The van der Waals surface area contributed by atoms with Crippen LogP contribution in [0.15, 0.2) is 24.3 Å². The predicted octanol–water partition coefficient (Wildman–Crippen LogP) is 0.387. The minimum Gasteiger partial charge on any atom is -0.384 e. The summed E-state index contributed by atoms with van der Waals surface area (Å²) in [6.07, 6.45) is 0.825. The number of nitrogens with zero attached hydrogens (tertiary/aromatic N) is 3. The summed E-state index contributed by atoms with van der Waals surface area (Å²) in [4.78, 5) is 18.1. The predicted molar refractivity (Wildman–Crippen MR) is 93.5 cm³/mol. The molecular formula is C16H22BN5O2. The van der Waals surface area contributed by atoms with Gasteiger partial charge in [0.05, 0.1) is 12.7 Å². The number of urea groups is 1. The third kappa shape index (κ3) is 3.71. The summed E-state index contributed by atoms with van der Waals surface area (Å²) in [5, 5.41) is 7.56. The van der Waals surface area contributed by atoms with Gasteiger partial charge in [0.25, 0.3) is 0 Å². The standard InChI is InChI=1S/C16H22BN5O2/c17-21-7-8-24-14(11-21)10-20-5-2-6-22(16(20)23)13-4-1-3-12(9-13)15(18)19/h1,3-4,9,14H,2,5-8,10-11H2,(H3,18,19). The lowest BCUT2D eigenvalue weighted by Crippen LogP contribution is -2.54. The first-order valence-electron chi connectivity index (χ1n) is 8.17. The molecule has 7 nitrogen and oxygen atoms in total. The molecule has 0 bridgehead atoms. The molecule has 1 unspecified atom stereocenters. The maximum absolute atomic E-state index is 12.8. The highest BCUT2D eigenvalue weighted by molar-refractivity contribution is 6.04. The van der Waals surface area contributed by atoms with E-state index in [-0.39, 0.29) is 18.0 Å². The van der Waals surface area contributed by atoms with Crippen molar-refractivity contribution in [3.05, 3.63) is 29.8 Å². The molecule has 24 heavy (non-hydrogen) atoms. The van der Waals surface area contributed by atoms with Gasteiger partial charge in [-0.1, -0.05) is 12.1 Å². The van der Waals surface area contributed by atoms with Crippen LogP contribution in [-0.2, 0) is 4.74 Å². The normalized spacial score (nSPS) is 22.7. The van der Waals surface area contributed by atoms with E-state index in [2.05, 4.69) is 0 Å². The molecule has 2 saturated heterocycles. The summed E-state index contributed by atoms with van der Waals surface area (Å²) >= 11 is 0. The molecule has 0 aliphatic carbocycles. The van der Waals surface area contributed by atoms with Crippen LogP contribution >= 0.6 is 0 Å². The van der Waals surface area contributed by atoms with E-state index in [4.69, 9.17) is 23.9 Å². The Kier molecular flexibility index (Phi) is 5.06. The Morgan fingerprint density at radius 1 is 1.38 bits per heavy atom. The van der Waals surface area contributed by atoms with Crippen molar-refractivity contribution in [2.75, 3.05) is 44.2 Å². The number of rotatable bonds is 4. The lowest BCUT2D eigenvalue weighted by molar-refractivity contribution is -0.0144. The Morgan fingerprint density at radius 3 is 2.96 bits per heavy atom. The Labute approximate surface area is 143 Å². The van der Waals surface area contributed by atoms with Crippen LogP contribution in [-0.4, -0.2) is 75.0 Å². The molecular weight excluding hydrogens is 305 g/mol. The van der Waals surface area contributed by atoms with Gasteiger partial charge in [0.1, 0.15) is 5.84 Å². The van der Waals surface area contributed by atoms with Crippen molar-refractivity contribution < 1.29 is 9.53 Å². The van der Waals surface area contributed by atoms with Crippen LogP contribution in [0.1, 0.15) is 12.0 Å². The van der Waals surface area contributed by atoms with Gasteiger partial charge >= 0.3 is 6.03 Å². The number of ether oxygens (including phenoxy) is 1. The van der Waals surface area contributed by atoms with Gasteiger partial charge in [-0.2, -0.15) is 0 Å². The molecule has 0 saturated carbocycles. The highest BCUT2D eigenvalue weighted by atomic mass is 16.5. The summed E-state index contributed by atoms with van der Waals surface area (Å²) in [6, 6.07) is 7.19. The molecule has 1 aromatic rings. The molecule has 126 valence electrons. The van der Waals surface area contributed by atoms with Crippen LogP contribution in [0.2, 0.25) is 0 Å². The zero-order chi connectivity index (χ0) is 17.1. The number of amides is 2. The molecule has 2 amide bonds. The summed E-state index contributed by atoms with van der Waals surface area (Å²) in [7, 11) is 5.84. The third-order valence-electron chi connectivity index (χ3n) is 4.37. The van der Waals surface area contributed by atoms with Crippen LogP contribution in [0.5, 0.6) is 0 Å². The Bertz CT molecular complexity index is 626. The Hall–Kier alpha value is -2.06. The fourth-order valence-corrected chi connectivity index (χ4v) is 3.13. The van der Waals surface area contributed by atoms with Crippen molar-refractivity contribution in [1.29, 1.82) is 5.41 Å². The molecule has 8 heteroatoms. The molecule has 2 radical (unpaired) electrons. The van der Waals surface area contributed by atoms with E-state index in [0.29, 0.717) is 44.9 Å². The van der Waals surface area contributed by atoms with Crippen LogP contribution in [0, 0.1) is 5.41 Å². The third-order valence-corrected chi connectivity index (χ3v) is 4.37. The van der Waals surface area contributed by atoms with Gasteiger partial charge in [-0.15, -0.1) is 0 Å². The lowest BCUT2D eigenvalue weighted by Gasteiger charge is -2.39. The smallest absolute Gasteiger partial charge is 0.324 e. The summed E-state index contributed by atoms with van der Waals surface area (Å²) < 4.78 is 5.71. The number of amidine groups is 1. The molecule has 1 aromatic carbocycles. The molecule has 3 rings (SSSR count). The van der Waals surface area contributed by atoms with Crippen molar-refractivity contribution in [3.8, 4) is 0 Å². The van der Waals surface area contributed by atoms with Crippen molar-refractivity contribution in [2.24, 2.45) is 5.73 Å². The van der Waals surface area contributed by atoms with Crippen molar-refractivity contribution in [2.45, 2.75) is 12.5 Å². The van der Waals surface area contributed by atoms with E-state index in [1.165, 1.54) is 0 Å². The fourth-order valence-electron chi connectivity index (χ4n) is 3.13. The lowest BCUT2D eigenvalue weighted by atomic mass is 10.1. The monoisotopic (exact) mass is 327 g/mol. The number of hydrogen-bond donors (Lipinski definition) is 2. The van der Waals surface area contributed by atoms with Gasteiger partial charge in [0, 0.05) is 44.0 Å². The first-order chi connectivity index (χ1) is 11.5. The fraction of sp³-hybridized carbons (Fsp3) is 0.500. The zero-order valence-electron chi connectivity index (χ0n) is 13.6. The SMILES string of the molecule is [B]N1CCOC(CN2CCCN(c3cccc(C(=N)N)c3)C2=O)C1. The van der Waals surface area contributed by atoms with Crippen molar-refractivity contribution in [1.82, 2.24) is 9.71 Å². The first kappa shape index (κ1) is 16.8. The molecule has 2 fully saturated rings. The number of hydrogen-bond acceptors (Lipinski definition) is 4. The second-order valence-electron chi connectivity index (χ2n) is 6.19. The van der Waals surface area contributed by atoms with E-state index in [1.54, 1.807) is 21.8 Å². The number of nitrogen functional groups attached to an aromatic ring is 1. The van der Waals surface area contributed by atoms with Gasteiger partial charge in [-0.25, -0.2) is 4.79 Å². The van der Waals surface area contributed by atoms with Crippen molar-refractivity contribution >= 4 is 25.5 Å². The van der Waals surface area contributed by atoms with Crippen LogP contribution < -0.4 is 10.6 Å². The second kappa shape index (κ2) is 7.23. The first-order valence-corrected chi connectivity index (χ1v) is 8.17. The van der Waals surface area contributed by atoms with Crippen molar-refractivity contribution in [3.63, 3.8) is 0 Å².